The van der Waals surface area contributed by atoms with Gasteiger partial charge in [-0.2, -0.15) is 0 Å². The third-order valence-electron chi connectivity index (χ3n) is 3.40. The molecule has 0 bridgehead atoms. The Morgan fingerprint density at radius 3 is 2.26 bits per heavy atom. The summed E-state index contributed by atoms with van der Waals surface area (Å²) in [5, 5.41) is 3.10. The molecule has 1 aromatic carbocycles. The highest BCUT2D eigenvalue weighted by Crippen LogP contribution is 2.28. The summed E-state index contributed by atoms with van der Waals surface area (Å²) < 4.78 is 5.35. The average molecular weight is 263 g/mol. The molecule has 106 valence electrons. The summed E-state index contributed by atoms with van der Waals surface area (Å²) in [6.45, 7) is 8.30. The van der Waals surface area contributed by atoms with E-state index in [1.165, 1.54) is 0 Å². The van der Waals surface area contributed by atoms with Crippen molar-refractivity contribution in [3.8, 4) is 5.75 Å². The Kier molecular flexibility index (Phi) is 5.55. The number of rotatable bonds is 6. The van der Waals surface area contributed by atoms with Crippen LogP contribution in [-0.2, 0) is 0 Å². The second kappa shape index (κ2) is 6.71. The van der Waals surface area contributed by atoms with Crippen molar-refractivity contribution in [2.45, 2.75) is 39.7 Å². The molecule has 0 radical (unpaired) electrons. The predicted octanol–water partition coefficient (Wildman–Crippen LogP) is 3.25. The molecule has 19 heavy (non-hydrogen) atoms. The molecule has 0 aliphatic carbocycles. The number of ketones is 1. The lowest BCUT2D eigenvalue weighted by Crippen LogP contribution is -2.38. The number of methoxy groups -OCH3 is 1. The molecular formula is C16H25NO2. The molecule has 1 unspecified atom stereocenters. The van der Waals surface area contributed by atoms with E-state index in [9.17, 15) is 4.79 Å². The molecule has 0 aliphatic rings. The van der Waals surface area contributed by atoms with Crippen LogP contribution in [0.3, 0.4) is 0 Å². The summed E-state index contributed by atoms with van der Waals surface area (Å²) in [6.07, 6.45) is 0. The van der Waals surface area contributed by atoms with Crippen molar-refractivity contribution in [2.75, 3.05) is 14.2 Å². The van der Waals surface area contributed by atoms with E-state index in [0.717, 1.165) is 16.9 Å². The fraction of sp³-hybridized carbons (Fsp3) is 0.562. The maximum absolute atomic E-state index is 12.5. The first-order valence-corrected chi connectivity index (χ1v) is 6.81. The van der Waals surface area contributed by atoms with Crippen LogP contribution in [0.1, 0.15) is 49.5 Å². The molecule has 0 heterocycles. The second-order valence-corrected chi connectivity index (χ2v) is 5.49. The Hall–Kier alpha value is -1.35. The van der Waals surface area contributed by atoms with Gasteiger partial charge in [-0.15, -0.1) is 0 Å². The molecule has 1 atom stereocenters. The van der Waals surface area contributed by atoms with Crippen LogP contribution >= 0.6 is 0 Å². The summed E-state index contributed by atoms with van der Waals surface area (Å²) in [7, 11) is 3.49. The topological polar surface area (TPSA) is 38.3 Å². The number of likely N-dealkylation sites (N-methyl/N-ethyl adjacent to an activating group) is 1. The highest BCUT2D eigenvalue weighted by molar-refractivity contribution is 6.00. The van der Waals surface area contributed by atoms with Gasteiger partial charge in [-0.3, -0.25) is 4.79 Å². The van der Waals surface area contributed by atoms with Gasteiger partial charge in [-0.1, -0.05) is 27.7 Å². The number of carbonyl (C=O) groups is 1. The van der Waals surface area contributed by atoms with Gasteiger partial charge in [0.2, 0.25) is 0 Å². The zero-order valence-electron chi connectivity index (χ0n) is 12.8. The maximum Gasteiger partial charge on any atom is 0.179 e. The quantitative estimate of drug-likeness (QED) is 0.801. The number of benzene rings is 1. The van der Waals surface area contributed by atoms with Crippen molar-refractivity contribution in [2.24, 2.45) is 5.92 Å². The standard InChI is InChI=1S/C16H25NO2/c1-10(2)13-9-12(7-8-14(13)19-6)16(18)15(17-5)11(3)4/h7-11,15,17H,1-6H3. The zero-order valence-corrected chi connectivity index (χ0v) is 12.8. The number of hydrogen-bond acceptors (Lipinski definition) is 3. The van der Waals surface area contributed by atoms with Crippen molar-refractivity contribution in [3.05, 3.63) is 29.3 Å². The van der Waals surface area contributed by atoms with E-state index in [2.05, 4.69) is 19.2 Å². The molecule has 0 fully saturated rings. The van der Waals surface area contributed by atoms with Gasteiger partial charge in [0, 0.05) is 5.56 Å². The van der Waals surface area contributed by atoms with Crippen LogP contribution in [0.25, 0.3) is 0 Å². The van der Waals surface area contributed by atoms with Crippen LogP contribution < -0.4 is 10.1 Å². The lowest BCUT2D eigenvalue weighted by atomic mass is 9.92. The normalized spacial score (nSPS) is 12.8. The van der Waals surface area contributed by atoms with E-state index in [4.69, 9.17) is 4.74 Å². The summed E-state index contributed by atoms with van der Waals surface area (Å²) in [5.74, 6) is 1.58. The predicted molar refractivity (Wildman–Crippen MR) is 79.1 cm³/mol. The first-order chi connectivity index (χ1) is 8.92. The van der Waals surface area contributed by atoms with Crippen LogP contribution in [-0.4, -0.2) is 26.0 Å². The third kappa shape index (κ3) is 3.57. The number of Topliss-reactive ketones (excluding diaryl/α,β-unsaturated/α-hetero) is 1. The molecular weight excluding hydrogens is 238 g/mol. The summed E-state index contributed by atoms with van der Waals surface area (Å²) in [4.78, 5) is 12.5. The molecule has 0 spiro atoms. The lowest BCUT2D eigenvalue weighted by molar-refractivity contribution is 0.0922. The zero-order chi connectivity index (χ0) is 14.6. The van der Waals surface area contributed by atoms with Gasteiger partial charge >= 0.3 is 0 Å². The van der Waals surface area contributed by atoms with Crippen molar-refractivity contribution in [1.29, 1.82) is 0 Å². The SMILES string of the molecule is CNC(C(=O)c1ccc(OC)c(C(C)C)c1)C(C)C. The largest absolute Gasteiger partial charge is 0.496 e. The fourth-order valence-corrected chi connectivity index (χ4v) is 2.29. The molecule has 0 saturated heterocycles. The van der Waals surface area contributed by atoms with Gasteiger partial charge in [0.1, 0.15) is 5.75 Å². The van der Waals surface area contributed by atoms with Gasteiger partial charge in [-0.25, -0.2) is 0 Å². The van der Waals surface area contributed by atoms with E-state index in [-0.39, 0.29) is 17.7 Å². The third-order valence-corrected chi connectivity index (χ3v) is 3.40. The van der Waals surface area contributed by atoms with Gasteiger partial charge in [0.15, 0.2) is 5.78 Å². The van der Waals surface area contributed by atoms with Gasteiger partial charge < -0.3 is 10.1 Å². The number of ether oxygens (including phenoxy) is 1. The summed E-state index contributed by atoms with van der Waals surface area (Å²) >= 11 is 0. The van der Waals surface area contributed by atoms with Gasteiger partial charge in [0.25, 0.3) is 0 Å². The second-order valence-electron chi connectivity index (χ2n) is 5.49. The maximum atomic E-state index is 12.5. The molecule has 3 nitrogen and oxygen atoms in total. The average Bonchev–Trinajstić information content (AvgIpc) is 2.38. The highest BCUT2D eigenvalue weighted by atomic mass is 16.5. The highest BCUT2D eigenvalue weighted by Gasteiger charge is 2.22. The molecule has 0 aliphatic heterocycles. The Bertz CT molecular complexity index is 438. The Morgan fingerprint density at radius 2 is 1.84 bits per heavy atom. The molecule has 1 N–H and O–H groups in total. The smallest absolute Gasteiger partial charge is 0.179 e. The van der Waals surface area contributed by atoms with E-state index in [0.29, 0.717) is 5.92 Å². The Balaban J connectivity index is 3.14. The fourth-order valence-electron chi connectivity index (χ4n) is 2.29. The molecule has 3 heteroatoms. The molecule has 1 rings (SSSR count). The van der Waals surface area contributed by atoms with Crippen molar-refractivity contribution in [3.63, 3.8) is 0 Å². The summed E-state index contributed by atoms with van der Waals surface area (Å²) in [6, 6.07) is 5.54. The van der Waals surface area contributed by atoms with Crippen LogP contribution in [0.4, 0.5) is 0 Å². The minimum Gasteiger partial charge on any atom is -0.496 e. The molecule has 1 aromatic rings. The van der Waals surface area contributed by atoms with E-state index in [1.807, 2.05) is 39.1 Å². The number of nitrogens with one attached hydrogen (secondary N) is 1. The minimum absolute atomic E-state index is 0.141. The van der Waals surface area contributed by atoms with Gasteiger partial charge in [-0.05, 0) is 42.6 Å². The Morgan fingerprint density at radius 1 is 1.21 bits per heavy atom. The van der Waals surface area contributed by atoms with Crippen molar-refractivity contribution in [1.82, 2.24) is 5.32 Å². The first kappa shape index (κ1) is 15.7. The number of carbonyl (C=O) groups excluding carboxylic acids is 1. The van der Waals surface area contributed by atoms with Crippen LogP contribution in [0.2, 0.25) is 0 Å². The lowest BCUT2D eigenvalue weighted by Gasteiger charge is -2.20. The molecule has 0 aromatic heterocycles. The van der Waals surface area contributed by atoms with E-state index in [1.54, 1.807) is 7.11 Å². The first-order valence-electron chi connectivity index (χ1n) is 6.81. The number of hydrogen-bond donors (Lipinski definition) is 1. The minimum atomic E-state index is -0.145. The molecule has 0 saturated carbocycles. The summed E-state index contributed by atoms with van der Waals surface area (Å²) in [5.41, 5.74) is 1.82. The van der Waals surface area contributed by atoms with Gasteiger partial charge in [0.05, 0.1) is 13.2 Å². The van der Waals surface area contributed by atoms with Crippen LogP contribution in [0.15, 0.2) is 18.2 Å². The van der Waals surface area contributed by atoms with E-state index < -0.39 is 0 Å². The molecule has 0 amide bonds. The van der Waals surface area contributed by atoms with Crippen molar-refractivity contribution >= 4 is 5.78 Å². The van der Waals surface area contributed by atoms with E-state index >= 15 is 0 Å². The Labute approximate surface area is 116 Å². The monoisotopic (exact) mass is 263 g/mol. The van der Waals surface area contributed by atoms with Crippen molar-refractivity contribution < 1.29 is 9.53 Å². The van der Waals surface area contributed by atoms with Crippen LogP contribution in [0, 0.1) is 5.92 Å². The van der Waals surface area contributed by atoms with Crippen LogP contribution in [0.5, 0.6) is 5.75 Å².